The van der Waals surface area contributed by atoms with Crippen molar-refractivity contribution in [2.24, 2.45) is 0 Å². The number of nitrogens with one attached hydrogen (secondary N) is 1. The summed E-state index contributed by atoms with van der Waals surface area (Å²) in [7, 11) is 1.72. The molecule has 1 aliphatic carbocycles. The van der Waals surface area contributed by atoms with Crippen molar-refractivity contribution in [3.8, 4) is 0 Å². The van der Waals surface area contributed by atoms with Crippen molar-refractivity contribution < 1.29 is 9.13 Å². The first-order valence-electron chi connectivity index (χ1n) is 5.20. The molecule has 1 saturated carbocycles. The molecule has 2 unspecified atom stereocenters. The van der Waals surface area contributed by atoms with Gasteiger partial charge in [-0.15, -0.1) is 0 Å². The van der Waals surface area contributed by atoms with Crippen molar-refractivity contribution in [1.29, 1.82) is 0 Å². The third kappa shape index (κ3) is 2.45. The third-order valence-electron chi connectivity index (χ3n) is 2.83. The zero-order chi connectivity index (χ0) is 10.7. The highest BCUT2D eigenvalue weighted by Crippen LogP contribution is 2.24. The van der Waals surface area contributed by atoms with Crippen LogP contribution >= 0.6 is 0 Å². The van der Waals surface area contributed by atoms with Crippen molar-refractivity contribution in [3.63, 3.8) is 0 Å². The molecular weight excluding hydrogens is 195 g/mol. The van der Waals surface area contributed by atoms with Crippen molar-refractivity contribution >= 4 is 5.69 Å². The Morgan fingerprint density at radius 3 is 3.13 bits per heavy atom. The van der Waals surface area contributed by atoms with Crippen LogP contribution in [0.4, 0.5) is 10.1 Å². The van der Waals surface area contributed by atoms with Crippen molar-refractivity contribution in [2.45, 2.75) is 31.4 Å². The average Bonchev–Trinajstić information content (AvgIpc) is 2.65. The molecule has 1 fully saturated rings. The summed E-state index contributed by atoms with van der Waals surface area (Å²) < 4.78 is 18.2. The molecule has 0 radical (unpaired) electrons. The average molecular weight is 210 g/mol. The Morgan fingerprint density at radius 1 is 1.53 bits per heavy atom. The van der Waals surface area contributed by atoms with Crippen LogP contribution in [0.1, 0.15) is 19.3 Å². The number of hydrogen-bond donors (Lipinski definition) is 1. The van der Waals surface area contributed by atoms with Crippen LogP contribution in [0.3, 0.4) is 0 Å². The number of halogens is 1. The van der Waals surface area contributed by atoms with E-state index in [0.29, 0.717) is 0 Å². The van der Waals surface area contributed by atoms with Crippen LogP contribution in [0, 0.1) is 5.95 Å². The molecule has 1 aromatic heterocycles. The zero-order valence-corrected chi connectivity index (χ0v) is 8.74. The van der Waals surface area contributed by atoms with E-state index in [2.05, 4.69) is 10.3 Å². The first-order valence-corrected chi connectivity index (χ1v) is 5.20. The molecule has 0 aromatic carbocycles. The number of nitrogens with zero attached hydrogens (tertiary/aromatic N) is 1. The second-order valence-electron chi connectivity index (χ2n) is 3.82. The quantitative estimate of drug-likeness (QED) is 0.776. The summed E-state index contributed by atoms with van der Waals surface area (Å²) in [5, 5.41) is 3.28. The van der Waals surface area contributed by atoms with Crippen LogP contribution in [0.15, 0.2) is 18.3 Å². The molecule has 82 valence electrons. The van der Waals surface area contributed by atoms with E-state index in [4.69, 9.17) is 4.74 Å². The van der Waals surface area contributed by atoms with Crippen LogP contribution in [0.2, 0.25) is 0 Å². The van der Waals surface area contributed by atoms with E-state index in [1.165, 1.54) is 12.3 Å². The Hall–Kier alpha value is -1.16. The Balaban J connectivity index is 2.02. The van der Waals surface area contributed by atoms with E-state index in [0.717, 1.165) is 24.9 Å². The molecule has 0 amide bonds. The number of pyridine rings is 1. The van der Waals surface area contributed by atoms with Gasteiger partial charge in [0.15, 0.2) is 0 Å². The van der Waals surface area contributed by atoms with Gasteiger partial charge < -0.3 is 10.1 Å². The second kappa shape index (κ2) is 4.57. The van der Waals surface area contributed by atoms with E-state index in [1.54, 1.807) is 13.2 Å². The van der Waals surface area contributed by atoms with Gasteiger partial charge in [-0.25, -0.2) is 4.98 Å². The standard InChI is InChI=1S/C11H15FN2O/c1-15-10-4-2-3-9(10)14-8-5-6-13-11(12)7-8/h5-7,9-10H,2-4H2,1H3,(H,13,14). The lowest BCUT2D eigenvalue weighted by Crippen LogP contribution is -2.29. The molecule has 0 saturated heterocycles. The summed E-state index contributed by atoms with van der Waals surface area (Å²) in [5.74, 6) is -0.452. The Kier molecular flexibility index (Phi) is 3.16. The van der Waals surface area contributed by atoms with Crippen LogP contribution < -0.4 is 5.32 Å². The van der Waals surface area contributed by atoms with Crippen LogP contribution in [0.25, 0.3) is 0 Å². The Morgan fingerprint density at radius 2 is 2.40 bits per heavy atom. The minimum absolute atomic E-state index is 0.237. The maximum Gasteiger partial charge on any atom is 0.214 e. The molecular formula is C11H15FN2O. The highest BCUT2D eigenvalue weighted by Gasteiger charge is 2.26. The number of methoxy groups -OCH3 is 1. The van der Waals surface area contributed by atoms with Gasteiger partial charge in [0.2, 0.25) is 5.95 Å². The molecule has 4 heteroatoms. The van der Waals surface area contributed by atoms with Crippen LogP contribution in [-0.2, 0) is 4.74 Å². The zero-order valence-electron chi connectivity index (χ0n) is 8.74. The molecule has 2 atom stereocenters. The van der Waals surface area contributed by atoms with Gasteiger partial charge in [0.05, 0.1) is 12.1 Å². The van der Waals surface area contributed by atoms with Crippen molar-refractivity contribution in [1.82, 2.24) is 4.98 Å². The summed E-state index contributed by atoms with van der Waals surface area (Å²) in [5.41, 5.74) is 0.774. The van der Waals surface area contributed by atoms with Crippen LogP contribution in [0.5, 0.6) is 0 Å². The maximum absolute atomic E-state index is 12.8. The molecule has 1 aliphatic rings. The second-order valence-corrected chi connectivity index (χ2v) is 3.82. The van der Waals surface area contributed by atoms with Gasteiger partial charge in [-0.3, -0.25) is 0 Å². The van der Waals surface area contributed by atoms with E-state index >= 15 is 0 Å². The lowest BCUT2D eigenvalue weighted by Gasteiger charge is -2.20. The van der Waals surface area contributed by atoms with Gasteiger partial charge >= 0.3 is 0 Å². The molecule has 1 aromatic rings. The largest absolute Gasteiger partial charge is 0.380 e. The Labute approximate surface area is 88.7 Å². The fourth-order valence-electron chi connectivity index (χ4n) is 2.08. The molecule has 0 aliphatic heterocycles. The molecule has 15 heavy (non-hydrogen) atoms. The molecule has 0 spiro atoms. The molecule has 3 nitrogen and oxygen atoms in total. The fourth-order valence-corrected chi connectivity index (χ4v) is 2.08. The Bertz CT molecular complexity index is 332. The van der Waals surface area contributed by atoms with Crippen molar-refractivity contribution in [3.05, 3.63) is 24.3 Å². The normalized spacial score (nSPS) is 25.5. The topological polar surface area (TPSA) is 34.1 Å². The number of ether oxygens (including phenoxy) is 1. The lowest BCUT2D eigenvalue weighted by molar-refractivity contribution is 0.101. The van der Waals surface area contributed by atoms with E-state index in [-0.39, 0.29) is 12.1 Å². The summed E-state index contributed by atoms with van der Waals surface area (Å²) in [4.78, 5) is 3.52. The van der Waals surface area contributed by atoms with Crippen molar-refractivity contribution in [2.75, 3.05) is 12.4 Å². The number of rotatable bonds is 3. The molecule has 0 bridgehead atoms. The van der Waals surface area contributed by atoms with E-state index in [1.807, 2.05) is 0 Å². The third-order valence-corrected chi connectivity index (χ3v) is 2.83. The summed E-state index contributed by atoms with van der Waals surface area (Å²) in [6.45, 7) is 0. The van der Waals surface area contributed by atoms with Gasteiger partial charge in [-0.2, -0.15) is 4.39 Å². The van der Waals surface area contributed by atoms with Gasteiger partial charge in [0.1, 0.15) is 0 Å². The van der Waals surface area contributed by atoms with Crippen LogP contribution in [-0.4, -0.2) is 24.2 Å². The number of hydrogen-bond acceptors (Lipinski definition) is 3. The minimum Gasteiger partial charge on any atom is -0.380 e. The number of anilines is 1. The monoisotopic (exact) mass is 210 g/mol. The van der Waals surface area contributed by atoms with E-state index in [9.17, 15) is 4.39 Å². The van der Waals surface area contributed by atoms with Gasteiger partial charge in [-0.05, 0) is 25.3 Å². The minimum atomic E-state index is -0.452. The summed E-state index contributed by atoms with van der Waals surface area (Å²) >= 11 is 0. The highest BCUT2D eigenvalue weighted by molar-refractivity contribution is 5.42. The SMILES string of the molecule is COC1CCCC1Nc1ccnc(F)c1. The first-order chi connectivity index (χ1) is 7.29. The summed E-state index contributed by atoms with van der Waals surface area (Å²) in [6.07, 6.45) is 5.00. The molecule has 1 N–H and O–H groups in total. The predicted octanol–water partition coefficient (Wildman–Crippen LogP) is 2.20. The fraction of sp³-hybridized carbons (Fsp3) is 0.545. The lowest BCUT2D eigenvalue weighted by atomic mass is 10.2. The highest BCUT2D eigenvalue weighted by atomic mass is 19.1. The summed E-state index contributed by atoms with van der Waals surface area (Å²) in [6, 6.07) is 3.47. The molecule has 1 heterocycles. The van der Waals surface area contributed by atoms with Gasteiger partial charge in [-0.1, -0.05) is 0 Å². The predicted molar refractivity (Wildman–Crippen MR) is 56.3 cm³/mol. The smallest absolute Gasteiger partial charge is 0.214 e. The van der Waals surface area contributed by atoms with Gasteiger partial charge in [0, 0.05) is 25.1 Å². The van der Waals surface area contributed by atoms with E-state index < -0.39 is 5.95 Å². The van der Waals surface area contributed by atoms with Gasteiger partial charge in [0.25, 0.3) is 0 Å². The molecule has 2 rings (SSSR count). The number of aromatic nitrogens is 1. The first kappa shape index (κ1) is 10.4. The maximum atomic E-state index is 12.8.